The minimum Gasteiger partial charge on any atom is -0.340 e. The van der Waals surface area contributed by atoms with Crippen LogP contribution in [0.15, 0.2) is 42.6 Å². The molecule has 0 saturated carbocycles. The zero-order valence-corrected chi connectivity index (χ0v) is 13.6. The third-order valence-electron chi connectivity index (χ3n) is 4.33. The number of benzene rings is 1. The van der Waals surface area contributed by atoms with Gasteiger partial charge in [0, 0.05) is 11.9 Å². The molecule has 21 heavy (non-hydrogen) atoms. The lowest BCUT2D eigenvalue weighted by molar-refractivity contribution is 0.730. The smallest absolute Gasteiger partial charge is 0.130 e. The molecular weight excluding hydrogens is 256 g/mol. The summed E-state index contributed by atoms with van der Waals surface area (Å²) in [5.74, 6) is 2.09. The van der Waals surface area contributed by atoms with Crippen LogP contribution >= 0.6 is 0 Å². The first-order valence-corrected chi connectivity index (χ1v) is 7.97. The molecule has 0 aliphatic rings. The summed E-state index contributed by atoms with van der Waals surface area (Å²) in [6, 6.07) is 12.9. The molecule has 112 valence electrons. The predicted molar refractivity (Wildman–Crippen MR) is 91.4 cm³/mol. The van der Waals surface area contributed by atoms with Crippen molar-refractivity contribution >= 4 is 11.5 Å². The zero-order chi connectivity index (χ0) is 15.2. The minimum atomic E-state index is 0.571. The standard InChI is InChI=1S/C19H26N2/c1-5-14(3)16-7-10-18(11-8-16)21-19-12-9-17(13-20-19)15(4)6-2/h7-15H,5-6H2,1-4H3,(H,20,21). The summed E-state index contributed by atoms with van der Waals surface area (Å²) in [6.45, 7) is 8.92. The number of pyridine rings is 1. The van der Waals surface area contributed by atoms with Gasteiger partial charge in [-0.1, -0.05) is 45.9 Å². The fourth-order valence-electron chi connectivity index (χ4n) is 2.29. The maximum absolute atomic E-state index is 4.51. The second kappa shape index (κ2) is 7.26. The second-order valence-corrected chi connectivity index (χ2v) is 5.84. The van der Waals surface area contributed by atoms with Crippen LogP contribution in [0.5, 0.6) is 0 Å². The Labute approximate surface area is 128 Å². The highest BCUT2D eigenvalue weighted by Gasteiger charge is 2.05. The Morgan fingerprint density at radius 1 is 0.857 bits per heavy atom. The van der Waals surface area contributed by atoms with Gasteiger partial charge in [0.25, 0.3) is 0 Å². The van der Waals surface area contributed by atoms with E-state index in [9.17, 15) is 0 Å². The van der Waals surface area contributed by atoms with Gasteiger partial charge in [0.2, 0.25) is 0 Å². The average Bonchev–Trinajstić information content (AvgIpc) is 2.55. The summed E-state index contributed by atoms with van der Waals surface area (Å²) in [4.78, 5) is 4.51. The number of hydrogen-bond acceptors (Lipinski definition) is 2. The summed E-state index contributed by atoms with van der Waals surface area (Å²) >= 11 is 0. The van der Waals surface area contributed by atoms with Crippen molar-refractivity contribution in [3.63, 3.8) is 0 Å². The van der Waals surface area contributed by atoms with Crippen LogP contribution in [0, 0.1) is 0 Å². The van der Waals surface area contributed by atoms with Crippen LogP contribution < -0.4 is 5.32 Å². The monoisotopic (exact) mass is 282 g/mol. The van der Waals surface area contributed by atoms with Gasteiger partial charge in [0.1, 0.15) is 5.82 Å². The number of aromatic nitrogens is 1. The van der Waals surface area contributed by atoms with Crippen molar-refractivity contribution in [2.75, 3.05) is 5.32 Å². The van der Waals surface area contributed by atoms with Gasteiger partial charge >= 0.3 is 0 Å². The average molecular weight is 282 g/mol. The fraction of sp³-hybridized carbons (Fsp3) is 0.421. The largest absolute Gasteiger partial charge is 0.340 e. The van der Waals surface area contributed by atoms with E-state index in [1.807, 2.05) is 6.20 Å². The van der Waals surface area contributed by atoms with Gasteiger partial charge in [-0.25, -0.2) is 4.98 Å². The third kappa shape index (κ3) is 4.07. The number of hydrogen-bond donors (Lipinski definition) is 1. The molecule has 0 fully saturated rings. The quantitative estimate of drug-likeness (QED) is 0.718. The van der Waals surface area contributed by atoms with Crippen LogP contribution in [-0.2, 0) is 0 Å². The summed E-state index contributed by atoms with van der Waals surface area (Å²) in [7, 11) is 0. The summed E-state index contributed by atoms with van der Waals surface area (Å²) in [5.41, 5.74) is 3.78. The molecule has 0 bridgehead atoms. The predicted octanol–water partition coefficient (Wildman–Crippen LogP) is 5.85. The SMILES string of the molecule is CCC(C)c1ccc(Nc2ccc(C(C)CC)cn2)cc1. The third-order valence-corrected chi connectivity index (χ3v) is 4.33. The number of anilines is 2. The van der Waals surface area contributed by atoms with Crippen molar-refractivity contribution in [1.82, 2.24) is 4.98 Å². The Kier molecular flexibility index (Phi) is 5.38. The molecule has 2 nitrogen and oxygen atoms in total. The lowest BCUT2D eigenvalue weighted by Crippen LogP contribution is -1.97. The van der Waals surface area contributed by atoms with Gasteiger partial charge in [0.15, 0.2) is 0 Å². The Morgan fingerprint density at radius 2 is 1.43 bits per heavy atom. The summed E-state index contributed by atoms with van der Waals surface area (Å²) in [6.07, 6.45) is 4.29. The van der Waals surface area contributed by atoms with Crippen LogP contribution in [0.4, 0.5) is 11.5 Å². The summed E-state index contributed by atoms with van der Waals surface area (Å²) in [5, 5.41) is 3.36. The molecule has 2 unspecified atom stereocenters. The van der Waals surface area contributed by atoms with Crippen LogP contribution in [0.3, 0.4) is 0 Å². The molecule has 1 heterocycles. The molecule has 0 saturated heterocycles. The minimum absolute atomic E-state index is 0.571. The van der Waals surface area contributed by atoms with Crippen molar-refractivity contribution in [3.8, 4) is 0 Å². The highest BCUT2D eigenvalue weighted by molar-refractivity contribution is 5.56. The van der Waals surface area contributed by atoms with E-state index in [1.54, 1.807) is 0 Å². The van der Waals surface area contributed by atoms with Gasteiger partial charge in [-0.2, -0.15) is 0 Å². The van der Waals surface area contributed by atoms with Crippen LogP contribution in [-0.4, -0.2) is 4.98 Å². The van der Waals surface area contributed by atoms with Crippen molar-refractivity contribution in [2.24, 2.45) is 0 Å². The highest BCUT2D eigenvalue weighted by Crippen LogP contribution is 2.23. The molecule has 1 N–H and O–H groups in total. The van der Waals surface area contributed by atoms with Crippen molar-refractivity contribution in [3.05, 3.63) is 53.7 Å². The topological polar surface area (TPSA) is 24.9 Å². The lowest BCUT2D eigenvalue weighted by Gasteiger charge is -2.12. The van der Waals surface area contributed by atoms with E-state index in [2.05, 4.69) is 74.4 Å². The molecule has 0 spiro atoms. The van der Waals surface area contributed by atoms with Crippen molar-refractivity contribution in [2.45, 2.75) is 52.4 Å². The maximum atomic E-state index is 4.51. The van der Waals surface area contributed by atoms with E-state index in [4.69, 9.17) is 0 Å². The maximum Gasteiger partial charge on any atom is 0.130 e. The Balaban J connectivity index is 2.04. The molecule has 0 aliphatic heterocycles. The van der Waals surface area contributed by atoms with Gasteiger partial charge in [-0.3, -0.25) is 0 Å². The van der Waals surface area contributed by atoms with Gasteiger partial charge in [-0.15, -0.1) is 0 Å². The molecule has 2 aromatic rings. The van der Waals surface area contributed by atoms with Crippen molar-refractivity contribution in [1.29, 1.82) is 0 Å². The summed E-state index contributed by atoms with van der Waals surface area (Å²) < 4.78 is 0. The van der Waals surface area contributed by atoms with Gasteiger partial charge < -0.3 is 5.32 Å². The Bertz CT molecular complexity index is 491. The first-order valence-electron chi connectivity index (χ1n) is 7.97. The lowest BCUT2D eigenvalue weighted by atomic mass is 9.98. The van der Waals surface area contributed by atoms with E-state index in [0.29, 0.717) is 11.8 Å². The number of nitrogens with zero attached hydrogens (tertiary/aromatic N) is 1. The molecule has 2 atom stereocenters. The zero-order valence-electron chi connectivity index (χ0n) is 13.6. The molecule has 0 amide bonds. The first kappa shape index (κ1) is 15.6. The van der Waals surface area contributed by atoms with E-state index < -0.39 is 0 Å². The van der Waals surface area contributed by atoms with Gasteiger partial charge in [0.05, 0.1) is 0 Å². The fourth-order valence-corrected chi connectivity index (χ4v) is 2.29. The Hall–Kier alpha value is -1.83. The van der Waals surface area contributed by atoms with Crippen LogP contribution in [0.25, 0.3) is 0 Å². The molecule has 1 aromatic carbocycles. The first-order chi connectivity index (χ1) is 10.1. The van der Waals surface area contributed by atoms with E-state index in [-0.39, 0.29) is 0 Å². The Morgan fingerprint density at radius 3 is 1.95 bits per heavy atom. The second-order valence-electron chi connectivity index (χ2n) is 5.84. The molecular formula is C19H26N2. The molecule has 1 aromatic heterocycles. The molecule has 0 aliphatic carbocycles. The van der Waals surface area contributed by atoms with E-state index in [0.717, 1.165) is 17.9 Å². The number of nitrogens with one attached hydrogen (secondary N) is 1. The number of rotatable bonds is 6. The van der Waals surface area contributed by atoms with Crippen molar-refractivity contribution < 1.29 is 0 Å². The van der Waals surface area contributed by atoms with Crippen LogP contribution in [0.2, 0.25) is 0 Å². The van der Waals surface area contributed by atoms with E-state index in [1.165, 1.54) is 17.5 Å². The van der Waals surface area contributed by atoms with E-state index >= 15 is 0 Å². The normalized spacial score (nSPS) is 13.7. The highest BCUT2D eigenvalue weighted by atomic mass is 15.0. The molecule has 2 rings (SSSR count). The molecule has 2 heteroatoms. The van der Waals surface area contributed by atoms with Gasteiger partial charge in [-0.05, 0) is 54.0 Å². The molecule has 0 radical (unpaired) electrons. The van der Waals surface area contributed by atoms with Crippen LogP contribution in [0.1, 0.15) is 63.5 Å².